The molecule has 1 saturated heterocycles. The zero-order valence-corrected chi connectivity index (χ0v) is 18.2. The van der Waals surface area contributed by atoms with Crippen molar-refractivity contribution in [3.05, 3.63) is 53.6 Å². The highest BCUT2D eigenvalue weighted by Crippen LogP contribution is 2.19. The van der Waals surface area contributed by atoms with Crippen molar-refractivity contribution in [2.24, 2.45) is 7.05 Å². The Morgan fingerprint density at radius 3 is 2.69 bits per heavy atom. The number of hydrogen-bond donors (Lipinski definition) is 2. The molecule has 2 aromatic rings. The number of nitrogens with one attached hydrogen (secondary N) is 2. The van der Waals surface area contributed by atoms with E-state index in [1.54, 1.807) is 6.20 Å². The van der Waals surface area contributed by atoms with E-state index in [-0.39, 0.29) is 30.5 Å². The third-order valence-electron chi connectivity index (χ3n) is 4.95. The smallest absolute Gasteiger partial charge is 0.234 e. The molecule has 1 aromatic carbocycles. The number of amides is 1. The van der Waals surface area contributed by atoms with Crippen molar-refractivity contribution in [2.45, 2.75) is 39.1 Å². The predicted molar refractivity (Wildman–Crippen MR) is 116 cm³/mol. The van der Waals surface area contributed by atoms with Gasteiger partial charge in [0, 0.05) is 45.6 Å². The first-order valence-electron chi connectivity index (χ1n) is 9.91. The van der Waals surface area contributed by atoms with Crippen molar-refractivity contribution >= 4 is 18.3 Å². The van der Waals surface area contributed by atoms with E-state index in [4.69, 9.17) is 4.74 Å². The normalized spacial score (nSPS) is 17.2. The Morgan fingerprint density at radius 2 is 2.03 bits per heavy atom. The average Bonchev–Trinajstić information content (AvgIpc) is 3.11. The van der Waals surface area contributed by atoms with Crippen molar-refractivity contribution in [3.63, 3.8) is 0 Å². The average molecular weight is 422 g/mol. The van der Waals surface area contributed by atoms with Crippen LogP contribution < -0.4 is 10.6 Å². The second-order valence-electron chi connectivity index (χ2n) is 7.54. The summed E-state index contributed by atoms with van der Waals surface area (Å²) in [7, 11) is 1.99. The number of rotatable bonds is 8. The third kappa shape index (κ3) is 6.82. The first kappa shape index (κ1) is 23.3. The van der Waals surface area contributed by atoms with Crippen molar-refractivity contribution in [3.8, 4) is 0 Å². The Bertz CT molecular complexity index is 763. The van der Waals surface area contributed by atoms with E-state index in [9.17, 15) is 4.79 Å². The summed E-state index contributed by atoms with van der Waals surface area (Å²) in [6.45, 7) is 8.09. The first-order chi connectivity index (χ1) is 13.5. The lowest BCUT2D eigenvalue weighted by molar-refractivity contribution is -0.123. The van der Waals surface area contributed by atoms with E-state index in [0.29, 0.717) is 19.7 Å². The number of aromatic nitrogens is 2. The van der Waals surface area contributed by atoms with Crippen molar-refractivity contribution in [2.75, 3.05) is 26.2 Å². The minimum absolute atomic E-state index is 0. The summed E-state index contributed by atoms with van der Waals surface area (Å²) < 4.78 is 7.63. The lowest BCUT2D eigenvalue weighted by Gasteiger charge is -2.35. The SMILES string of the molecule is CC(C)OCc1ccc(CNC(=O)CN2CCNCC2c2nccn2C)cc1.Cl. The molecule has 1 aliphatic rings. The molecule has 0 spiro atoms. The number of benzene rings is 1. The highest BCUT2D eigenvalue weighted by molar-refractivity contribution is 5.85. The summed E-state index contributed by atoms with van der Waals surface area (Å²) >= 11 is 0. The van der Waals surface area contributed by atoms with Crippen LogP contribution in [0.4, 0.5) is 0 Å². The minimum atomic E-state index is 0. The summed E-state index contributed by atoms with van der Waals surface area (Å²) in [6.07, 6.45) is 3.97. The van der Waals surface area contributed by atoms with Crippen molar-refractivity contribution in [1.29, 1.82) is 0 Å². The van der Waals surface area contributed by atoms with Crippen LogP contribution in [0.5, 0.6) is 0 Å². The number of carbonyl (C=O) groups is 1. The molecule has 0 bridgehead atoms. The molecule has 1 atom stereocenters. The fourth-order valence-corrected chi connectivity index (χ4v) is 3.35. The van der Waals surface area contributed by atoms with Gasteiger partial charge in [-0.15, -0.1) is 12.4 Å². The number of hydrogen-bond acceptors (Lipinski definition) is 5. The second-order valence-corrected chi connectivity index (χ2v) is 7.54. The molecule has 8 heteroatoms. The van der Waals surface area contributed by atoms with Crippen LogP contribution in [0, 0.1) is 0 Å². The molecule has 1 aliphatic heterocycles. The molecule has 0 saturated carbocycles. The molecule has 1 aromatic heterocycles. The fourth-order valence-electron chi connectivity index (χ4n) is 3.35. The molecule has 2 N–H and O–H groups in total. The van der Waals surface area contributed by atoms with Crippen LogP contribution in [-0.4, -0.2) is 52.6 Å². The van der Waals surface area contributed by atoms with E-state index in [1.807, 2.05) is 43.8 Å². The Labute approximate surface area is 179 Å². The summed E-state index contributed by atoms with van der Waals surface area (Å²) in [5.74, 6) is 1.02. The third-order valence-corrected chi connectivity index (χ3v) is 4.95. The summed E-state index contributed by atoms with van der Waals surface area (Å²) in [5, 5.41) is 6.43. The van der Waals surface area contributed by atoms with Gasteiger partial charge in [-0.05, 0) is 25.0 Å². The molecule has 0 radical (unpaired) electrons. The van der Waals surface area contributed by atoms with Gasteiger partial charge in [-0.1, -0.05) is 24.3 Å². The number of aryl methyl sites for hydroxylation is 1. The number of piperazine rings is 1. The van der Waals surface area contributed by atoms with E-state index < -0.39 is 0 Å². The molecular weight excluding hydrogens is 390 g/mol. The molecule has 1 unspecified atom stereocenters. The Hall–Kier alpha value is -1.93. The fraction of sp³-hybridized carbons (Fsp3) is 0.524. The van der Waals surface area contributed by atoms with Gasteiger partial charge in [-0.3, -0.25) is 9.69 Å². The van der Waals surface area contributed by atoms with E-state index in [2.05, 4.69) is 32.7 Å². The molecule has 3 rings (SSSR count). The van der Waals surface area contributed by atoms with Gasteiger partial charge in [-0.2, -0.15) is 0 Å². The molecule has 1 amide bonds. The van der Waals surface area contributed by atoms with Gasteiger partial charge in [0.2, 0.25) is 5.91 Å². The van der Waals surface area contributed by atoms with Gasteiger partial charge in [0.25, 0.3) is 0 Å². The topological polar surface area (TPSA) is 71.4 Å². The molecule has 160 valence electrons. The quantitative estimate of drug-likeness (QED) is 0.682. The molecule has 7 nitrogen and oxygen atoms in total. The monoisotopic (exact) mass is 421 g/mol. The number of carbonyl (C=O) groups excluding carboxylic acids is 1. The van der Waals surface area contributed by atoms with E-state index in [1.165, 1.54) is 0 Å². The van der Waals surface area contributed by atoms with Crippen LogP contribution in [0.3, 0.4) is 0 Å². The maximum Gasteiger partial charge on any atom is 0.234 e. The molecular formula is C21H32ClN5O2. The van der Waals surface area contributed by atoms with Gasteiger partial charge >= 0.3 is 0 Å². The van der Waals surface area contributed by atoms with Crippen LogP contribution in [0.15, 0.2) is 36.7 Å². The van der Waals surface area contributed by atoms with Gasteiger partial charge in [0.05, 0.1) is 25.3 Å². The number of halogens is 1. The van der Waals surface area contributed by atoms with Gasteiger partial charge in [0.1, 0.15) is 5.82 Å². The van der Waals surface area contributed by atoms with Crippen LogP contribution in [0.25, 0.3) is 0 Å². The first-order valence-corrected chi connectivity index (χ1v) is 9.91. The van der Waals surface area contributed by atoms with E-state index >= 15 is 0 Å². The van der Waals surface area contributed by atoms with Crippen LogP contribution in [0.2, 0.25) is 0 Å². The van der Waals surface area contributed by atoms with E-state index in [0.717, 1.165) is 36.6 Å². The maximum atomic E-state index is 12.5. The highest BCUT2D eigenvalue weighted by atomic mass is 35.5. The highest BCUT2D eigenvalue weighted by Gasteiger charge is 2.28. The standard InChI is InChI=1S/C21H31N5O2.ClH/c1-16(2)28-15-18-6-4-17(5-7-18)12-24-20(27)14-26-11-8-22-13-19(26)21-23-9-10-25(21)3;/h4-7,9-10,16,19,22H,8,11-15H2,1-3H3,(H,24,27);1H. The molecule has 1 fully saturated rings. The van der Waals surface area contributed by atoms with Gasteiger partial charge < -0.3 is 19.9 Å². The molecule has 29 heavy (non-hydrogen) atoms. The Morgan fingerprint density at radius 1 is 1.31 bits per heavy atom. The number of ether oxygens (including phenoxy) is 1. The second kappa shape index (κ2) is 11.3. The maximum absolute atomic E-state index is 12.5. The largest absolute Gasteiger partial charge is 0.374 e. The summed E-state index contributed by atoms with van der Waals surface area (Å²) in [5.41, 5.74) is 2.23. The van der Waals surface area contributed by atoms with Crippen LogP contribution >= 0.6 is 12.4 Å². The van der Waals surface area contributed by atoms with Crippen molar-refractivity contribution < 1.29 is 9.53 Å². The number of nitrogens with zero attached hydrogens (tertiary/aromatic N) is 3. The lowest BCUT2D eigenvalue weighted by Crippen LogP contribution is -2.50. The molecule has 2 heterocycles. The van der Waals surface area contributed by atoms with Crippen molar-refractivity contribution in [1.82, 2.24) is 25.1 Å². The van der Waals surface area contributed by atoms with Crippen LogP contribution in [0.1, 0.15) is 36.8 Å². The lowest BCUT2D eigenvalue weighted by atomic mass is 10.1. The zero-order valence-electron chi connectivity index (χ0n) is 17.4. The Balaban J connectivity index is 0.00000300. The Kier molecular flexibility index (Phi) is 9.10. The van der Waals surface area contributed by atoms with Crippen LogP contribution in [-0.2, 0) is 29.7 Å². The summed E-state index contributed by atoms with van der Waals surface area (Å²) in [6, 6.07) is 8.30. The van der Waals surface area contributed by atoms with Gasteiger partial charge in [0.15, 0.2) is 0 Å². The zero-order chi connectivity index (χ0) is 19.9. The molecule has 0 aliphatic carbocycles. The summed E-state index contributed by atoms with van der Waals surface area (Å²) in [4.78, 5) is 19.2. The number of imidazole rings is 1. The minimum Gasteiger partial charge on any atom is -0.374 e. The van der Waals surface area contributed by atoms with Gasteiger partial charge in [-0.25, -0.2) is 4.98 Å². The predicted octanol–water partition coefficient (Wildman–Crippen LogP) is 2.03.